The van der Waals surface area contributed by atoms with E-state index in [1.54, 1.807) is 0 Å². The molecule has 0 atom stereocenters. The fraction of sp³-hybridized carbons (Fsp3) is 0.0909. The maximum absolute atomic E-state index is 13.5. The third kappa shape index (κ3) is 2.28. The number of aromatic nitrogens is 2. The molecular formula is C11H8FN3O5. The number of nitro benzene ring substituents is 1. The van der Waals surface area contributed by atoms with Crippen LogP contribution < -0.4 is 4.74 Å². The van der Waals surface area contributed by atoms with Gasteiger partial charge in [0.15, 0.2) is 17.3 Å². The maximum atomic E-state index is 13.5. The summed E-state index contributed by atoms with van der Waals surface area (Å²) in [7, 11) is 1.21. The van der Waals surface area contributed by atoms with Gasteiger partial charge in [-0.2, -0.15) is 0 Å². The summed E-state index contributed by atoms with van der Waals surface area (Å²) in [6.45, 7) is 0. The number of imidazole rings is 1. The quantitative estimate of drug-likeness (QED) is 0.674. The Morgan fingerprint density at radius 1 is 1.55 bits per heavy atom. The Morgan fingerprint density at radius 3 is 2.75 bits per heavy atom. The van der Waals surface area contributed by atoms with Gasteiger partial charge in [0.1, 0.15) is 12.0 Å². The molecule has 0 spiro atoms. The molecule has 0 saturated carbocycles. The van der Waals surface area contributed by atoms with Crippen molar-refractivity contribution in [3.8, 4) is 11.4 Å². The predicted molar refractivity (Wildman–Crippen MR) is 63.7 cm³/mol. The highest BCUT2D eigenvalue weighted by molar-refractivity contribution is 5.85. The van der Waals surface area contributed by atoms with Crippen molar-refractivity contribution in [2.24, 2.45) is 0 Å². The lowest BCUT2D eigenvalue weighted by Crippen LogP contribution is -2.01. The molecule has 0 radical (unpaired) electrons. The molecular weight excluding hydrogens is 273 g/mol. The first-order valence-electron chi connectivity index (χ1n) is 5.23. The molecule has 1 N–H and O–H groups in total. The van der Waals surface area contributed by atoms with E-state index in [2.05, 4.69) is 4.98 Å². The number of rotatable bonds is 4. The first kappa shape index (κ1) is 13.5. The maximum Gasteiger partial charge on any atom is 0.356 e. The summed E-state index contributed by atoms with van der Waals surface area (Å²) >= 11 is 0. The van der Waals surface area contributed by atoms with Gasteiger partial charge in [0.25, 0.3) is 5.69 Å². The fourth-order valence-electron chi connectivity index (χ4n) is 1.61. The minimum absolute atomic E-state index is 0.0479. The predicted octanol–water partition coefficient (Wildman–Crippen LogP) is 1.63. The summed E-state index contributed by atoms with van der Waals surface area (Å²) in [6, 6.07) is 1.80. The molecule has 2 rings (SSSR count). The molecule has 0 aliphatic heterocycles. The van der Waals surface area contributed by atoms with E-state index >= 15 is 0 Å². The molecule has 0 unspecified atom stereocenters. The highest BCUT2D eigenvalue weighted by Gasteiger charge is 2.21. The zero-order chi connectivity index (χ0) is 14.9. The van der Waals surface area contributed by atoms with E-state index in [1.807, 2.05) is 0 Å². The van der Waals surface area contributed by atoms with Gasteiger partial charge in [-0.05, 0) is 0 Å². The van der Waals surface area contributed by atoms with Crippen LogP contribution in [0, 0.1) is 15.9 Å². The summed E-state index contributed by atoms with van der Waals surface area (Å²) in [5.41, 5.74) is -0.867. The van der Waals surface area contributed by atoms with Gasteiger partial charge >= 0.3 is 5.97 Å². The van der Waals surface area contributed by atoms with Gasteiger partial charge in [0, 0.05) is 12.3 Å². The van der Waals surface area contributed by atoms with Crippen molar-refractivity contribution in [3.63, 3.8) is 0 Å². The van der Waals surface area contributed by atoms with Crippen molar-refractivity contribution >= 4 is 11.7 Å². The normalized spacial score (nSPS) is 10.3. The number of carboxylic acids is 1. The van der Waals surface area contributed by atoms with Crippen LogP contribution in [0.4, 0.5) is 10.1 Å². The van der Waals surface area contributed by atoms with Crippen LogP contribution in [0.15, 0.2) is 24.7 Å². The molecule has 104 valence electrons. The molecule has 1 aromatic heterocycles. The van der Waals surface area contributed by atoms with Gasteiger partial charge < -0.3 is 9.84 Å². The van der Waals surface area contributed by atoms with Gasteiger partial charge in [-0.15, -0.1) is 0 Å². The van der Waals surface area contributed by atoms with Gasteiger partial charge in [-0.3, -0.25) is 14.7 Å². The molecule has 1 aromatic carbocycles. The third-order valence-corrected chi connectivity index (χ3v) is 2.53. The lowest BCUT2D eigenvalue weighted by atomic mass is 10.2. The Hall–Kier alpha value is -2.97. The fourth-order valence-corrected chi connectivity index (χ4v) is 1.61. The van der Waals surface area contributed by atoms with Gasteiger partial charge in [0.05, 0.1) is 18.1 Å². The molecule has 0 amide bonds. The number of hydrogen-bond donors (Lipinski definition) is 1. The van der Waals surface area contributed by atoms with E-state index in [9.17, 15) is 19.3 Å². The minimum Gasteiger partial charge on any atom is -0.494 e. The summed E-state index contributed by atoms with van der Waals surface area (Å²) in [5.74, 6) is -2.36. The van der Waals surface area contributed by atoms with Crippen LogP contribution >= 0.6 is 0 Å². The Bertz CT molecular complexity index is 697. The number of aromatic carboxylic acids is 1. The monoisotopic (exact) mass is 281 g/mol. The van der Waals surface area contributed by atoms with Crippen LogP contribution in [-0.2, 0) is 0 Å². The van der Waals surface area contributed by atoms with Crippen molar-refractivity contribution in [2.45, 2.75) is 0 Å². The van der Waals surface area contributed by atoms with E-state index in [-0.39, 0.29) is 17.1 Å². The van der Waals surface area contributed by atoms with Crippen LogP contribution in [0.3, 0.4) is 0 Å². The van der Waals surface area contributed by atoms with Crippen molar-refractivity contribution in [1.29, 1.82) is 0 Å². The van der Waals surface area contributed by atoms with Crippen molar-refractivity contribution in [2.75, 3.05) is 7.11 Å². The third-order valence-electron chi connectivity index (χ3n) is 2.53. The number of carbonyl (C=O) groups is 1. The summed E-state index contributed by atoms with van der Waals surface area (Å²) < 4.78 is 19.4. The molecule has 9 heteroatoms. The Labute approximate surface area is 111 Å². The highest BCUT2D eigenvalue weighted by Crippen LogP contribution is 2.30. The number of carboxylic acid groups (broad SMARTS) is 1. The molecule has 0 bridgehead atoms. The smallest absolute Gasteiger partial charge is 0.356 e. The van der Waals surface area contributed by atoms with Crippen LogP contribution in [0.1, 0.15) is 10.5 Å². The Balaban J connectivity index is 2.63. The molecule has 0 fully saturated rings. The van der Waals surface area contributed by atoms with Crippen molar-refractivity contribution < 1.29 is 24.0 Å². The molecule has 1 heterocycles. The van der Waals surface area contributed by atoms with E-state index in [0.29, 0.717) is 6.07 Å². The van der Waals surface area contributed by atoms with Gasteiger partial charge in [0.2, 0.25) is 0 Å². The number of methoxy groups -OCH3 is 1. The number of nitro groups is 1. The average molecular weight is 281 g/mol. The molecule has 0 aliphatic rings. The number of benzene rings is 1. The first-order valence-corrected chi connectivity index (χ1v) is 5.23. The van der Waals surface area contributed by atoms with Crippen molar-refractivity contribution in [3.05, 3.63) is 46.3 Å². The lowest BCUT2D eigenvalue weighted by Gasteiger charge is -2.07. The second-order valence-corrected chi connectivity index (χ2v) is 3.70. The van der Waals surface area contributed by atoms with Gasteiger partial charge in [-0.1, -0.05) is 0 Å². The van der Waals surface area contributed by atoms with E-state index in [1.165, 1.54) is 7.11 Å². The summed E-state index contributed by atoms with van der Waals surface area (Å²) in [6.07, 6.45) is 2.17. The van der Waals surface area contributed by atoms with Crippen molar-refractivity contribution in [1.82, 2.24) is 9.55 Å². The largest absolute Gasteiger partial charge is 0.494 e. The molecule has 2 aromatic rings. The van der Waals surface area contributed by atoms with Crippen LogP contribution in [0.25, 0.3) is 5.69 Å². The Morgan fingerprint density at radius 2 is 2.25 bits per heavy atom. The minimum atomic E-state index is -1.28. The van der Waals surface area contributed by atoms with Crippen LogP contribution in [-0.4, -0.2) is 32.7 Å². The molecule has 0 aliphatic carbocycles. The van der Waals surface area contributed by atoms with Gasteiger partial charge in [-0.25, -0.2) is 14.2 Å². The van der Waals surface area contributed by atoms with E-state index in [4.69, 9.17) is 9.84 Å². The molecule has 0 saturated heterocycles. The lowest BCUT2D eigenvalue weighted by molar-refractivity contribution is -0.384. The van der Waals surface area contributed by atoms with Crippen LogP contribution in [0.5, 0.6) is 5.75 Å². The second kappa shape index (κ2) is 4.96. The average Bonchev–Trinajstić information content (AvgIpc) is 2.87. The van der Waals surface area contributed by atoms with E-state index < -0.39 is 22.4 Å². The zero-order valence-electron chi connectivity index (χ0n) is 10.1. The standard InChI is InChI=1S/C11H8FN3O5/c1-20-10-3-8(9(15(18)19)2-6(10)12)14-4-7(11(16)17)13-5-14/h2-5H,1H3,(H,16,17). The SMILES string of the molecule is COc1cc(-n2cnc(C(=O)O)c2)c([N+](=O)[O-])cc1F. The van der Waals surface area contributed by atoms with E-state index in [0.717, 1.165) is 23.2 Å². The molecule has 8 nitrogen and oxygen atoms in total. The topological polar surface area (TPSA) is 107 Å². The number of nitrogens with zero attached hydrogens (tertiary/aromatic N) is 3. The number of halogens is 1. The molecule has 20 heavy (non-hydrogen) atoms. The highest BCUT2D eigenvalue weighted by atomic mass is 19.1. The number of ether oxygens (including phenoxy) is 1. The second-order valence-electron chi connectivity index (χ2n) is 3.70. The number of hydrogen-bond acceptors (Lipinski definition) is 5. The zero-order valence-corrected chi connectivity index (χ0v) is 10.1. The Kier molecular flexibility index (Phi) is 3.34. The first-order chi connectivity index (χ1) is 9.43. The summed E-state index contributed by atoms with van der Waals surface area (Å²) in [5, 5.41) is 19.7. The van der Waals surface area contributed by atoms with Crippen LogP contribution in [0.2, 0.25) is 0 Å². The summed E-state index contributed by atoms with van der Waals surface area (Å²) in [4.78, 5) is 24.5.